The molecule has 1 fully saturated rings. The van der Waals surface area contributed by atoms with Crippen LogP contribution < -0.4 is 10.6 Å². The number of para-hydroxylation sites is 1. The minimum atomic E-state index is 0. The molecular weight excluding hydrogens is 477 g/mol. The molecule has 1 saturated heterocycles. The second-order valence-electron chi connectivity index (χ2n) is 8.47. The van der Waals surface area contributed by atoms with E-state index in [0.29, 0.717) is 12.5 Å². The van der Waals surface area contributed by atoms with E-state index in [1.165, 1.54) is 12.0 Å². The van der Waals surface area contributed by atoms with Gasteiger partial charge in [0.1, 0.15) is 0 Å². The molecule has 1 aromatic carbocycles. The van der Waals surface area contributed by atoms with Crippen molar-refractivity contribution >= 4 is 29.9 Å². The van der Waals surface area contributed by atoms with Crippen molar-refractivity contribution in [2.75, 3.05) is 20.2 Å². The summed E-state index contributed by atoms with van der Waals surface area (Å²) >= 11 is 0. The average Bonchev–Trinajstić information content (AvgIpc) is 3.22. The summed E-state index contributed by atoms with van der Waals surface area (Å²) in [5.41, 5.74) is 2.46. The largest absolute Gasteiger partial charge is 0.377 e. The maximum atomic E-state index is 6.10. The molecule has 3 rings (SSSR count). The van der Waals surface area contributed by atoms with Gasteiger partial charge < -0.3 is 19.9 Å². The molecule has 29 heavy (non-hydrogen) atoms. The molecule has 1 aliphatic rings. The first-order valence-corrected chi connectivity index (χ1v) is 10.1. The van der Waals surface area contributed by atoms with Crippen LogP contribution in [-0.2, 0) is 11.3 Å². The Morgan fingerprint density at radius 3 is 2.76 bits per heavy atom. The lowest BCUT2D eigenvalue weighted by Crippen LogP contribution is -2.47. The van der Waals surface area contributed by atoms with Crippen molar-refractivity contribution in [2.45, 2.75) is 46.3 Å². The molecule has 6 nitrogen and oxygen atoms in total. The van der Waals surface area contributed by atoms with Crippen LogP contribution in [0.4, 0.5) is 0 Å². The second-order valence-corrected chi connectivity index (χ2v) is 8.47. The molecule has 0 bridgehead atoms. The highest BCUT2D eigenvalue weighted by Crippen LogP contribution is 2.33. The maximum Gasteiger partial charge on any atom is 0.191 e. The predicted octanol–water partition coefficient (Wildman–Crippen LogP) is 4.00. The quantitative estimate of drug-likeness (QED) is 0.362. The number of hydrogen-bond acceptors (Lipinski definition) is 3. The van der Waals surface area contributed by atoms with E-state index in [4.69, 9.17) is 4.74 Å². The van der Waals surface area contributed by atoms with Gasteiger partial charge in [0, 0.05) is 45.1 Å². The summed E-state index contributed by atoms with van der Waals surface area (Å²) in [5.74, 6) is 1.31. The summed E-state index contributed by atoms with van der Waals surface area (Å²) in [5, 5.41) is 6.95. The van der Waals surface area contributed by atoms with Gasteiger partial charge in [0.15, 0.2) is 5.96 Å². The minimum absolute atomic E-state index is 0. The zero-order valence-corrected chi connectivity index (χ0v) is 20.2. The van der Waals surface area contributed by atoms with Gasteiger partial charge in [0.25, 0.3) is 0 Å². The SMILES string of the molecule is CN=C(NCc1ccccc1-n1ccnc1)NCC1CCCOC1C(C)(C)C.I. The Kier molecular flexibility index (Phi) is 8.95. The summed E-state index contributed by atoms with van der Waals surface area (Å²) in [4.78, 5) is 8.56. The Labute approximate surface area is 191 Å². The first kappa shape index (κ1) is 23.7. The van der Waals surface area contributed by atoms with Crippen LogP contribution in [0.3, 0.4) is 0 Å². The topological polar surface area (TPSA) is 63.5 Å². The summed E-state index contributed by atoms with van der Waals surface area (Å²) in [6.07, 6.45) is 8.17. The molecule has 1 aliphatic heterocycles. The lowest BCUT2D eigenvalue weighted by atomic mass is 9.78. The lowest BCUT2D eigenvalue weighted by molar-refractivity contribution is -0.0835. The van der Waals surface area contributed by atoms with Crippen molar-refractivity contribution in [1.82, 2.24) is 20.2 Å². The highest BCUT2D eigenvalue weighted by molar-refractivity contribution is 14.0. The van der Waals surface area contributed by atoms with Gasteiger partial charge in [-0.1, -0.05) is 39.0 Å². The van der Waals surface area contributed by atoms with E-state index < -0.39 is 0 Å². The van der Waals surface area contributed by atoms with Crippen LogP contribution in [0, 0.1) is 11.3 Å². The number of nitrogens with one attached hydrogen (secondary N) is 2. The van der Waals surface area contributed by atoms with Gasteiger partial charge in [-0.3, -0.25) is 4.99 Å². The maximum absolute atomic E-state index is 6.10. The Hall–Kier alpha value is -1.61. The number of nitrogens with zero attached hydrogens (tertiary/aromatic N) is 3. The molecule has 1 aromatic heterocycles. The van der Waals surface area contributed by atoms with E-state index in [1.54, 1.807) is 6.20 Å². The third-order valence-corrected chi connectivity index (χ3v) is 5.27. The van der Waals surface area contributed by atoms with E-state index in [9.17, 15) is 0 Å². The minimum Gasteiger partial charge on any atom is -0.377 e. The predicted molar refractivity (Wildman–Crippen MR) is 129 cm³/mol. The standard InChI is InChI=1S/C22H33N5O.HI/c1-22(2,3)20-18(9-7-13-28-20)15-26-21(23-4)25-14-17-8-5-6-10-19(17)27-12-11-24-16-27;/h5-6,8,10-12,16,18,20H,7,9,13-15H2,1-4H3,(H2,23,25,26);1H. The zero-order chi connectivity index (χ0) is 20.0. The summed E-state index contributed by atoms with van der Waals surface area (Å²) in [7, 11) is 1.82. The number of aliphatic imine (C=N–C) groups is 1. The number of aromatic nitrogens is 2. The van der Waals surface area contributed by atoms with E-state index in [2.05, 4.69) is 59.6 Å². The molecule has 0 saturated carbocycles. The van der Waals surface area contributed by atoms with Crippen LogP contribution in [-0.4, -0.2) is 41.8 Å². The van der Waals surface area contributed by atoms with Crippen molar-refractivity contribution in [3.05, 3.63) is 48.5 Å². The molecule has 7 heteroatoms. The highest BCUT2D eigenvalue weighted by Gasteiger charge is 2.35. The van der Waals surface area contributed by atoms with Gasteiger partial charge in [0.2, 0.25) is 0 Å². The summed E-state index contributed by atoms with van der Waals surface area (Å²) < 4.78 is 8.13. The van der Waals surface area contributed by atoms with E-state index in [0.717, 1.165) is 31.2 Å². The first-order valence-electron chi connectivity index (χ1n) is 10.1. The summed E-state index contributed by atoms with van der Waals surface area (Å²) in [6.45, 7) is 9.21. The van der Waals surface area contributed by atoms with Gasteiger partial charge in [-0.25, -0.2) is 4.98 Å². The Morgan fingerprint density at radius 2 is 2.07 bits per heavy atom. The molecule has 160 valence electrons. The number of ether oxygens (including phenoxy) is 1. The van der Waals surface area contributed by atoms with Crippen molar-refractivity contribution in [3.8, 4) is 5.69 Å². The van der Waals surface area contributed by atoms with Crippen LogP contribution in [0.15, 0.2) is 48.0 Å². The van der Waals surface area contributed by atoms with E-state index in [-0.39, 0.29) is 35.5 Å². The molecule has 2 N–H and O–H groups in total. The van der Waals surface area contributed by atoms with E-state index >= 15 is 0 Å². The van der Waals surface area contributed by atoms with Crippen LogP contribution in [0.25, 0.3) is 5.69 Å². The number of rotatable bonds is 5. The van der Waals surface area contributed by atoms with Gasteiger partial charge in [-0.15, -0.1) is 24.0 Å². The van der Waals surface area contributed by atoms with Crippen LogP contribution in [0.1, 0.15) is 39.2 Å². The van der Waals surface area contributed by atoms with E-state index in [1.807, 2.05) is 30.2 Å². The van der Waals surface area contributed by atoms with Crippen molar-refractivity contribution in [1.29, 1.82) is 0 Å². The van der Waals surface area contributed by atoms with Crippen molar-refractivity contribution in [3.63, 3.8) is 0 Å². The number of imidazole rings is 1. The normalized spacial score (nSPS) is 20.1. The molecule has 2 heterocycles. The van der Waals surface area contributed by atoms with Gasteiger partial charge >= 0.3 is 0 Å². The van der Waals surface area contributed by atoms with Gasteiger partial charge in [-0.05, 0) is 29.9 Å². The molecule has 0 radical (unpaired) electrons. The molecular formula is C22H34IN5O. The van der Waals surface area contributed by atoms with Crippen LogP contribution in [0.5, 0.6) is 0 Å². The monoisotopic (exact) mass is 511 g/mol. The molecule has 2 unspecified atom stereocenters. The number of guanidine groups is 1. The third-order valence-electron chi connectivity index (χ3n) is 5.27. The van der Waals surface area contributed by atoms with Gasteiger partial charge in [-0.2, -0.15) is 0 Å². The first-order chi connectivity index (χ1) is 13.5. The van der Waals surface area contributed by atoms with Crippen molar-refractivity contribution in [2.24, 2.45) is 16.3 Å². The fourth-order valence-electron chi connectivity index (χ4n) is 3.95. The zero-order valence-electron chi connectivity index (χ0n) is 17.9. The molecule has 0 amide bonds. The average molecular weight is 511 g/mol. The number of benzene rings is 1. The number of halogens is 1. The van der Waals surface area contributed by atoms with Crippen LogP contribution in [0.2, 0.25) is 0 Å². The fourth-order valence-corrected chi connectivity index (χ4v) is 3.95. The fraction of sp³-hybridized carbons (Fsp3) is 0.545. The Balaban J connectivity index is 0.00000300. The molecule has 2 atom stereocenters. The highest BCUT2D eigenvalue weighted by atomic mass is 127. The van der Waals surface area contributed by atoms with Crippen LogP contribution >= 0.6 is 24.0 Å². The smallest absolute Gasteiger partial charge is 0.191 e. The molecule has 0 spiro atoms. The molecule has 0 aliphatic carbocycles. The second kappa shape index (κ2) is 11.0. The lowest BCUT2D eigenvalue weighted by Gasteiger charge is -2.40. The Morgan fingerprint density at radius 1 is 1.28 bits per heavy atom. The number of hydrogen-bond donors (Lipinski definition) is 2. The van der Waals surface area contributed by atoms with Crippen molar-refractivity contribution < 1.29 is 4.74 Å². The Bertz CT molecular complexity index is 770. The van der Waals surface area contributed by atoms with Gasteiger partial charge in [0.05, 0.1) is 18.1 Å². The third kappa shape index (κ3) is 6.44. The summed E-state index contributed by atoms with van der Waals surface area (Å²) in [6, 6.07) is 8.32. The molecule has 2 aromatic rings.